The smallest absolute Gasteiger partial charge is 0.410 e. The molecule has 2 heterocycles. The third kappa shape index (κ3) is 5.70. The highest BCUT2D eigenvalue weighted by Crippen LogP contribution is 2.38. The maximum absolute atomic E-state index is 12.7. The number of rotatable bonds is 6. The summed E-state index contributed by atoms with van der Waals surface area (Å²) in [6.45, 7) is 10.7. The van der Waals surface area contributed by atoms with Crippen molar-refractivity contribution in [3.8, 4) is 16.9 Å². The lowest BCUT2D eigenvalue weighted by molar-refractivity contribution is -0.117. The van der Waals surface area contributed by atoms with E-state index in [2.05, 4.69) is 10.5 Å². The SMILES string of the molecule is Cc1noc(C)c1-c1cc(NC(=O)C2CC2)ccc1OC[C@H]1COCCN1C(=O)OC(C)(C)C. The Labute approximate surface area is 199 Å². The number of morpholine rings is 1. The van der Waals surface area contributed by atoms with E-state index in [1.54, 1.807) is 4.90 Å². The van der Waals surface area contributed by atoms with Crippen molar-refractivity contribution in [2.24, 2.45) is 5.92 Å². The highest BCUT2D eigenvalue weighted by atomic mass is 16.6. The predicted molar refractivity (Wildman–Crippen MR) is 126 cm³/mol. The van der Waals surface area contributed by atoms with Gasteiger partial charge in [-0.15, -0.1) is 0 Å². The van der Waals surface area contributed by atoms with Crippen molar-refractivity contribution in [1.82, 2.24) is 10.1 Å². The number of nitrogens with one attached hydrogen (secondary N) is 1. The van der Waals surface area contributed by atoms with Crippen LogP contribution in [0.4, 0.5) is 10.5 Å². The zero-order valence-electron chi connectivity index (χ0n) is 20.5. The number of aryl methyl sites for hydroxylation is 2. The van der Waals surface area contributed by atoms with Gasteiger partial charge in [0, 0.05) is 23.7 Å². The Morgan fingerprint density at radius 1 is 1.24 bits per heavy atom. The molecule has 0 radical (unpaired) electrons. The fourth-order valence-corrected chi connectivity index (χ4v) is 3.93. The van der Waals surface area contributed by atoms with Crippen molar-refractivity contribution >= 4 is 17.7 Å². The summed E-state index contributed by atoms with van der Waals surface area (Å²) in [5.74, 6) is 1.40. The Bertz CT molecular complexity index is 1030. The van der Waals surface area contributed by atoms with Crippen molar-refractivity contribution in [2.75, 3.05) is 31.7 Å². The van der Waals surface area contributed by atoms with E-state index in [-0.39, 0.29) is 30.6 Å². The highest BCUT2D eigenvalue weighted by Gasteiger charge is 2.32. The van der Waals surface area contributed by atoms with Crippen molar-refractivity contribution in [3.63, 3.8) is 0 Å². The van der Waals surface area contributed by atoms with E-state index in [0.29, 0.717) is 37.0 Å². The molecule has 2 fully saturated rings. The van der Waals surface area contributed by atoms with Gasteiger partial charge in [-0.2, -0.15) is 0 Å². The molecule has 1 N–H and O–H groups in total. The van der Waals surface area contributed by atoms with E-state index >= 15 is 0 Å². The van der Waals surface area contributed by atoms with Gasteiger partial charge in [0.05, 0.1) is 30.5 Å². The maximum atomic E-state index is 12.7. The molecule has 184 valence electrons. The molecule has 2 amide bonds. The lowest BCUT2D eigenvalue weighted by atomic mass is 10.0. The van der Waals surface area contributed by atoms with Gasteiger partial charge in [0.25, 0.3) is 0 Å². The Balaban J connectivity index is 1.55. The first kappa shape index (κ1) is 24.1. The van der Waals surface area contributed by atoms with Crippen LogP contribution in [0.1, 0.15) is 45.1 Å². The topological polar surface area (TPSA) is 103 Å². The molecule has 34 heavy (non-hydrogen) atoms. The minimum atomic E-state index is -0.585. The van der Waals surface area contributed by atoms with Gasteiger partial charge >= 0.3 is 6.09 Å². The summed E-state index contributed by atoms with van der Waals surface area (Å²) in [4.78, 5) is 26.7. The summed E-state index contributed by atoms with van der Waals surface area (Å²) in [5.41, 5.74) is 2.42. The van der Waals surface area contributed by atoms with Crippen molar-refractivity contribution in [2.45, 2.75) is 59.1 Å². The molecule has 1 aromatic heterocycles. The number of aromatic nitrogens is 1. The van der Waals surface area contributed by atoms with Crippen molar-refractivity contribution in [3.05, 3.63) is 29.7 Å². The Hall–Kier alpha value is -3.07. The number of carbonyl (C=O) groups excluding carboxylic acids is 2. The molecular formula is C25H33N3O6. The average molecular weight is 472 g/mol. The van der Waals surface area contributed by atoms with Crippen LogP contribution in [-0.2, 0) is 14.3 Å². The molecule has 2 aromatic rings. The van der Waals surface area contributed by atoms with E-state index in [4.69, 9.17) is 18.7 Å². The maximum Gasteiger partial charge on any atom is 0.410 e. The zero-order chi connectivity index (χ0) is 24.5. The third-order valence-electron chi connectivity index (χ3n) is 5.78. The van der Waals surface area contributed by atoms with Gasteiger partial charge < -0.3 is 24.1 Å². The fourth-order valence-electron chi connectivity index (χ4n) is 3.93. The molecule has 0 unspecified atom stereocenters. The molecule has 1 saturated carbocycles. The molecule has 9 nitrogen and oxygen atoms in total. The number of hydrogen-bond acceptors (Lipinski definition) is 7. The van der Waals surface area contributed by atoms with Gasteiger partial charge in [-0.3, -0.25) is 9.69 Å². The minimum absolute atomic E-state index is 0.0331. The fraction of sp³-hybridized carbons (Fsp3) is 0.560. The van der Waals surface area contributed by atoms with Gasteiger partial charge in [-0.1, -0.05) is 5.16 Å². The summed E-state index contributed by atoms with van der Waals surface area (Å²) in [7, 11) is 0. The minimum Gasteiger partial charge on any atom is -0.491 e. The monoisotopic (exact) mass is 471 g/mol. The Kier molecular flexibility index (Phi) is 6.84. The Morgan fingerprint density at radius 3 is 2.65 bits per heavy atom. The quantitative estimate of drug-likeness (QED) is 0.669. The van der Waals surface area contributed by atoms with E-state index < -0.39 is 5.60 Å². The molecule has 1 aromatic carbocycles. The lowest BCUT2D eigenvalue weighted by Gasteiger charge is -2.36. The molecule has 2 aliphatic rings. The zero-order valence-corrected chi connectivity index (χ0v) is 20.5. The molecule has 1 aliphatic carbocycles. The van der Waals surface area contributed by atoms with Crippen LogP contribution in [0.25, 0.3) is 11.1 Å². The number of ether oxygens (including phenoxy) is 3. The number of nitrogens with zero attached hydrogens (tertiary/aromatic N) is 2. The molecule has 4 rings (SSSR count). The summed E-state index contributed by atoms with van der Waals surface area (Å²) < 4.78 is 22.8. The first-order valence-electron chi connectivity index (χ1n) is 11.7. The highest BCUT2D eigenvalue weighted by molar-refractivity contribution is 5.95. The van der Waals surface area contributed by atoms with Crippen molar-refractivity contribution < 1.29 is 28.3 Å². The molecule has 0 spiro atoms. The average Bonchev–Trinajstić information content (AvgIpc) is 3.57. The third-order valence-corrected chi connectivity index (χ3v) is 5.78. The van der Waals surface area contributed by atoms with E-state index in [1.165, 1.54) is 0 Å². The largest absolute Gasteiger partial charge is 0.491 e. The van der Waals surface area contributed by atoms with Gasteiger partial charge in [-0.25, -0.2) is 4.79 Å². The van der Waals surface area contributed by atoms with Crippen LogP contribution in [0.5, 0.6) is 5.75 Å². The second kappa shape index (κ2) is 9.66. The molecule has 1 atom stereocenters. The molecule has 1 aliphatic heterocycles. The van der Waals surface area contributed by atoms with Gasteiger partial charge in [0.15, 0.2) is 0 Å². The number of anilines is 1. The molecule has 9 heteroatoms. The first-order valence-corrected chi connectivity index (χ1v) is 11.7. The summed E-state index contributed by atoms with van der Waals surface area (Å²) in [6.07, 6.45) is 1.48. The summed E-state index contributed by atoms with van der Waals surface area (Å²) >= 11 is 0. The standard InChI is InChI=1S/C25H33N3O6/c1-15-22(16(2)34-27-15)20-12-18(26-23(29)17-6-7-17)8-9-21(20)32-14-19-13-31-11-10-28(19)24(30)33-25(3,4)5/h8-9,12,17,19H,6-7,10-11,13-14H2,1-5H3,(H,26,29)/t19-/m1/s1. The number of hydrogen-bond donors (Lipinski definition) is 1. The van der Waals surface area contributed by atoms with Crippen LogP contribution in [0.3, 0.4) is 0 Å². The van der Waals surface area contributed by atoms with E-state index in [1.807, 2.05) is 52.8 Å². The number of carbonyl (C=O) groups is 2. The summed E-state index contributed by atoms with van der Waals surface area (Å²) in [5, 5.41) is 7.06. The second-order valence-electron chi connectivity index (χ2n) is 9.89. The van der Waals surface area contributed by atoms with Crippen LogP contribution in [-0.4, -0.2) is 60.1 Å². The van der Waals surface area contributed by atoms with E-state index in [9.17, 15) is 9.59 Å². The van der Waals surface area contributed by atoms with Gasteiger partial charge in [0.2, 0.25) is 5.91 Å². The van der Waals surface area contributed by atoms with E-state index in [0.717, 1.165) is 29.7 Å². The van der Waals surface area contributed by atoms with Crippen molar-refractivity contribution in [1.29, 1.82) is 0 Å². The van der Waals surface area contributed by atoms with Crippen LogP contribution in [0.2, 0.25) is 0 Å². The van der Waals surface area contributed by atoms with Gasteiger partial charge in [0.1, 0.15) is 23.7 Å². The molecular weight excluding hydrogens is 438 g/mol. The predicted octanol–water partition coefficient (Wildman–Crippen LogP) is 4.32. The molecule has 1 saturated heterocycles. The van der Waals surface area contributed by atoms with Crippen LogP contribution in [0.15, 0.2) is 22.7 Å². The lowest BCUT2D eigenvalue weighted by Crippen LogP contribution is -2.52. The van der Waals surface area contributed by atoms with Crippen LogP contribution in [0, 0.1) is 19.8 Å². The van der Waals surface area contributed by atoms with Gasteiger partial charge in [-0.05, 0) is 65.7 Å². The second-order valence-corrected chi connectivity index (χ2v) is 9.89. The van der Waals surface area contributed by atoms with Crippen LogP contribution < -0.4 is 10.1 Å². The number of benzene rings is 1. The Morgan fingerprint density at radius 2 is 2.00 bits per heavy atom. The first-order chi connectivity index (χ1) is 16.1. The normalized spacial score (nSPS) is 18.5. The summed E-state index contributed by atoms with van der Waals surface area (Å²) in [6, 6.07) is 5.23. The van der Waals surface area contributed by atoms with Crippen LogP contribution >= 0.6 is 0 Å². The molecule has 0 bridgehead atoms. The number of amides is 2.